The number of ether oxygens (including phenoxy) is 1. The molecule has 6 nitrogen and oxygen atoms in total. The van der Waals surface area contributed by atoms with E-state index in [1.54, 1.807) is 13.8 Å². The third-order valence-corrected chi connectivity index (χ3v) is 2.26. The summed E-state index contributed by atoms with van der Waals surface area (Å²) in [5, 5.41) is 6.40. The quantitative estimate of drug-likeness (QED) is 0.643. The third-order valence-electron chi connectivity index (χ3n) is 2.26. The van der Waals surface area contributed by atoms with Crippen LogP contribution >= 0.6 is 0 Å². The fraction of sp³-hybridized carbons (Fsp3) is 0.625. The molecule has 14 heavy (non-hydrogen) atoms. The number of nitrogens with one attached hydrogen (secondary N) is 1. The normalized spacial score (nSPS) is 13.7. The van der Waals surface area contributed by atoms with Gasteiger partial charge >= 0.3 is 5.97 Å². The molecule has 0 radical (unpaired) electrons. The standard InChI is InChI=1S/C8H14N4O2/c1-8(2,5(9)6(13)14-3)7-10-4-11-12-7/h4-5H,9H2,1-3H3,(H,10,11,12). The summed E-state index contributed by atoms with van der Waals surface area (Å²) >= 11 is 0. The molecule has 1 heterocycles. The number of H-pyrrole nitrogens is 1. The third kappa shape index (κ3) is 1.74. The van der Waals surface area contributed by atoms with Crippen LogP contribution in [0.1, 0.15) is 19.7 Å². The molecule has 3 N–H and O–H groups in total. The van der Waals surface area contributed by atoms with Crippen molar-refractivity contribution in [3.8, 4) is 0 Å². The lowest BCUT2D eigenvalue weighted by Crippen LogP contribution is -2.48. The van der Waals surface area contributed by atoms with Crippen LogP contribution in [0.4, 0.5) is 0 Å². The molecule has 0 fully saturated rings. The van der Waals surface area contributed by atoms with Gasteiger partial charge in [0.05, 0.1) is 12.5 Å². The summed E-state index contributed by atoms with van der Waals surface area (Å²) in [5.74, 6) is 0.0989. The van der Waals surface area contributed by atoms with E-state index in [0.29, 0.717) is 5.82 Å². The summed E-state index contributed by atoms with van der Waals surface area (Å²) in [4.78, 5) is 15.2. The molecule has 1 aromatic rings. The van der Waals surface area contributed by atoms with Crippen molar-refractivity contribution >= 4 is 5.97 Å². The molecule has 0 aliphatic heterocycles. The van der Waals surface area contributed by atoms with E-state index in [4.69, 9.17) is 5.73 Å². The number of carbonyl (C=O) groups excluding carboxylic acids is 1. The van der Waals surface area contributed by atoms with Crippen LogP contribution in [0.15, 0.2) is 6.33 Å². The van der Waals surface area contributed by atoms with Crippen LogP contribution in [0.25, 0.3) is 0 Å². The van der Waals surface area contributed by atoms with Gasteiger partial charge in [-0.15, -0.1) is 0 Å². The maximum absolute atomic E-state index is 11.2. The van der Waals surface area contributed by atoms with Crippen molar-refractivity contribution in [1.82, 2.24) is 15.2 Å². The van der Waals surface area contributed by atoms with Gasteiger partial charge in [0.15, 0.2) is 0 Å². The van der Waals surface area contributed by atoms with Gasteiger partial charge in [0.25, 0.3) is 0 Å². The van der Waals surface area contributed by atoms with E-state index in [0.717, 1.165) is 0 Å². The first-order valence-electron chi connectivity index (χ1n) is 4.19. The number of methoxy groups -OCH3 is 1. The topological polar surface area (TPSA) is 93.9 Å². The minimum atomic E-state index is -0.763. The van der Waals surface area contributed by atoms with Gasteiger partial charge in [-0.2, -0.15) is 5.10 Å². The fourth-order valence-corrected chi connectivity index (χ4v) is 1.08. The Bertz CT molecular complexity index is 307. The van der Waals surface area contributed by atoms with Crippen LogP contribution in [-0.2, 0) is 14.9 Å². The summed E-state index contributed by atoms with van der Waals surface area (Å²) in [6.07, 6.45) is 1.38. The lowest BCUT2D eigenvalue weighted by Gasteiger charge is -2.26. The van der Waals surface area contributed by atoms with Gasteiger partial charge in [-0.05, 0) is 0 Å². The van der Waals surface area contributed by atoms with Gasteiger partial charge in [0.2, 0.25) is 0 Å². The molecule has 1 atom stereocenters. The number of hydrogen-bond acceptors (Lipinski definition) is 5. The van der Waals surface area contributed by atoms with Gasteiger partial charge in [-0.25, -0.2) is 4.98 Å². The molecule has 0 aliphatic rings. The number of aromatic amines is 1. The number of nitrogens with two attached hydrogens (primary N) is 1. The Labute approximate surface area is 81.9 Å². The Hall–Kier alpha value is -1.43. The van der Waals surface area contributed by atoms with Crippen LogP contribution in [0.3, 0.4) is 0 Å². The summed E-state index contributed by atoms with van der Waals surface area (Å²) in [7, 11) is 1.30. The summed E-state index contributed by atoms with van der Waals surface area (Å²) in [6.45, 7) is 3.60. The van der Waals surface area contributed by atoms with Gasteiger partial charge in [0.1, 0.15) is 18.2 Å². The second-order valence-electron chi connectivity index (χ2n) is 3.56. The molecule has 0 saturated heterocycles. The maximum atomic E-state index is 11.2. The van der Waals surface area contributed by atoms with Crippen molar-refractivity contribution in [2.75, 3.05) is 7.11 Å². The highest BCUT2D eigenvalue weighted by Gasteiger charge is 2.36. The van der Waals surface area contributed by atoms with Gasteiger partial charge in [-0.1, -0.05) is 13.8 Å². The first-order chi connectivity index (χ1) is 6.50. The molecule has 0 bridgehead atoms. The van der Waals surface area contributed by atoms with Crippen molar-refractivity contribution in [3.05, 3.63) is 12.2 Å². The Morgan fingerprint density at radius 2 is 2.36 bits per heavy atom. The smallest absolute Gasteiger partial charge is 0.323 e. The Morgan fingerprint density at radius 3 is 2.79 bits per heavy atom. The second kappa shape index (κ2) is 3.75. The average Bonchev–Trinajstić information content (AvgIpc) is 2.68. The zero-order valence-corrected chi connectivity index (χ0v) is 8.44. The minimum Gasteiger partial charge on any atom is -0.468 e. The summed E-state index contributed by atoms with van der Waals surface area (Å²) < 4.78 is 4.57. The van der Waals surface area contributed by atoms with Gasteiger partial charge in [0, 0.05) is 0 Å². The van der Waals surface area contributed by atoms with E-state index < -0.39 is 17.4 Å². The minimum absolute atomic E-state index is 0.466. The molecule has 0 aliphatic carbocycles. The first kappa shape index (κ1) is 10.6. The van der Waals surface area contributed by atoms with Crippen molar-refractivity contribution in [2.24, 2.45) is 5.73 Å². The van der Waals surface area contributed by atoms with Crippen molar-refractivity contribution in [1.29, 1.82) is 0 Å². The average molecular weight is 198 g/mol. The Kier molecular flexibility index (Phi) is 2.85. The zero-order valence-electron chi connectivity index (χ0n) is 8.44. The molecular weight excluding hydrogens is 184 g/mol. The second-order valence-corrected chi connectivity index (χ2v) is 3.56. The highest BCUT2D eigenvalue weighted by atomic mass is 16.5. The van der Waals surface area contributed by atoms with Crippen LogP contribution in [0.2, 0.25) is 0 Å². The fourth-order valence-electron chi connectivity index (χ4n) is 1.08. The molecule has 0 spiro atoms. The van der Waals surface area contributed by atoms with Crippen LogP contribution in [0.5, 0.6) is 0 Å². The number of esters is 1. The number of rotatable bonds is 3. The van der Waals surface area contributed by atoms with Crippen molar-refractivity contribution in [2.45, 2.75) is 25.3 Å². The van der Waals surface area contributed by atoms with Crippen LogP contribution in [-0.4, -0.2) is 34.3 Å². The number of aromatic nitrogens is 3. The molecular formula is C8H14N4O2. The molecule has 0 amide bonds. The number of hydrogen-bond donors (Lipinski definition) is 2. The first-order valence-corrected chi connectivity index (χ1v) is 4.19. The van der Waals surface area contributed by atoms with Crippen molar-refractivity contribution < 1.29 is 9.53 Å². The van der Waals surface area contributed by atoms with E-state index in [1.807, 2.05) is 0 Å². The van der Waals surface area contributed by atoms with Crippen molar-refractivity contribution in [3.63, 3.8) is 0 Å². The highest BCUT2D eigenvalue weighted by Crippen LogP contribution is 2.22. The highest BCUT2D eigenvalue weighted by molar-refractivity contribution is 5.77. The lowest BCUT2D eigenvalue weighted by molar-refractivity contribution is -0.143. The van der Waals surface area contributed by atoms with E-state index in [2.05, 4.69) is 19.9 Å². The van der Waals surface area contributed by atoms with Crippen LogP contribution in [0, 0.1) is 0 Å². The van der Waals surface area contributed by atoms with E-state index in [1.165, 1.54) is 13.4 Å². The predicted molar refractivity (Wildman–Crippen MR) is 49.4 cm³/mol. The molecule has 1 unspecified atom stereocenters. The molecule has 0 aromatic carbocycles. The molecule has 1 rings (SSSR count). The van der Waals surface area contributed by atoms with Gasteiger partial charge in [-0.3, -0.25) is 9.89 Å². The monoisotopic (exact) mass is 198 g/mol. The largest absolute Gasteiger partial charge is 0.468 e. The molecule has 6 heteroatoms. The van der Waals surface area contributed by atoms with E-state index in [-0.39, 0.29) is 0 Å². The predicted octanol–water partition coefficient (Wildman–Crippen LogP) is -0.417. The molecule has 78 valence electrons. The van der Waals surface area contributed by atoms with E-state index in [9.17, 15) is 4.79 Å². The number of nitrogens with zero attached hydrogens (tertiary/aromatic N) is 2. The lowest BCUT2D eigenvalue weighted by atomic mass is 9.84. The Balaban J connectivity index is 2.90. The maximum Gasteiger partial charge on any atom is 0.323 e. The summed E-state index contributed by atoms with van der Waals surface area (Å²) in [5.41, 5.74) is 5.11. The van der Waals surface area contributed by atoms with Crippen LogP contribution < -0.4 is 5.73 Å². The van der Waals surface area contributed by atoms with E-state index >= 15 is 0 Å². The zero-order chi connectivity index (χ0) is 10.8. The molecule has 0 saturated carbocycles. The molecule has 1 aromatic heterocycles. The summed E-state index contributed by atoms with van der Waals surface area (Å²) in [6, 6.07) is -0.763. The SMILES string of the molecule is COC(=O)C(N)C(C)(C)c1ncn[nH]1. The number of carbonyl (C=O) groups is 1. The Morgan fingerprint density at radius 1 is 1.71 bits per heavy atom. The van der Waals surface area contributed by atoms with Gasteiger partial charge < -0.3 is 10.5 Å².